The normalized spacial score (nSPS) is 11.0. The molecule has 0 bridgehead atoms. The van der Waals surface area contributed by atoms with Crippen LogP contribution in [0, 0.1) is 11.3 Å². The smallest absolute Gasteiger partial charge is 0.416 e. The van der Waals surface area contributed by atoms with Crippen molar-refractivity contribution in [3.05, 3.63) is 28.8 Å². The number of halogens is 3. The average molecular weight is 231 g/mol. The number of ether oxygens (including phenoxy) is 1. The van der Waals surface area contributed by atoms with Crippen LogP contribution in [0.4, 0.5) is 13.2 Å². The maximum Gasteiger partial charge on any atom is 0.416 e. The molecule has 0 aliphatic rings. The number of aliphatic hydroxyl groups excluding tert-OH is 1. The Balaban J connectivity index is 3.45. The topological polar surface area (TPSA) is 53.2 Å². The Morgan fingerprint density at radius 3 is 2.44 bits per heavy atom. The molecule has 86 valence electrons. The highest BCUT2D eigenvalue weighted by molar-refractivity contribution is 5.51. The molecule has 0 spiro atoms. The molecule has 1 rings (SSSR count). The summed E-state index contributed by atoms with van der Waals surface area (Å²) in [5, 5.41) is 17.6. The Kier molecular flexibility index (Phi) is 3.40. The second-order valence-electron chi connectivity index (χ2n) is 2.98. The number of benzene rings is 1. The van der Waals surface area contributed by atoms with Crippen LogP contribution >= 0.6 is 0 Å². The summed E-state index contributed by atoms with van der Waals surface area (Å²) < 4.78 is 42.0. The number of aliphatic hydroxyl groups is 1. The van der Waals surface area contributed by atoms with Crippen molar-refractivity contribution in [1.82, 2.24) is 0 Å². The fourth-order valence-corrected chi connectivity index (χ4v) is 1.25. The summed E-state index contributed by atoms with van der Waals surface area (Å²) in [5.74, 6) is -0.193. The Hall–Kier alpha value is -1.74. The van der Waals surface area contributed by atoms with Gasteiger partial charge in [-0.1, -0.05) is 0 Å². The van der Waals surface area contributed by atoms with Gasteiger partial charge in [-0.25, -0.2) is 0 Å². The van der Waals surface area contributed by atoms with Crippen LogP contribution in [0.25, 0.3) is 0 Å². The lowest BCUT2D eigenvalue weighted by Gasteiger charge is -2.12. The summed E-state index contributed by atoms with van der Waals surface area (Å²) in [7, 11) is 1.16. The quantitative estimate of drug-likeness (QED) is 0.847. The number of hydrogen-bond donors (Lipinski definition) is 1. The SMILES string of the molecule is COc1cc(C(F)(F)F)cc(CO)c1C#N. The lowest BCUT2D eigenvalue weighted by molar-refractivity contribution is -0.137. The van der Waals surface area contributed by atoms with Gasteiger partial charge in [0.15, 0.2) is 0 Å². The van der Waals surface area contributed by atoms with Crippen LogP contribution < -0.4 is 4.74 Å². The molecular formula is C10H8F3NO2. The lowest BCUT2D eigenvalue weighted by Crippen LogP contribution is -2.08. The minimum absolute atomic E-state index is 0.0852. The van der Waals surface area contributed by atoms with Crippen LogP contribution in [0.15, 0.2) is 12.1 Å². The molecule has 0 unspecified atom stereocenters. The van der Waals surface area contributed by atoms with E-state index < -0.39 is 18.3 Å². The van der Waals surface area contributed by atoms with Gasteiger partial charge in [-0.15, -0.1) is 0 Å². The van der Waals surface area contributed by atoms with Gasteiger partial charge in [0.25, 0.3) is 0 Å². The molecule has 0 atom stereocenters. The molecular weight excluding hydrogens is 223 g/mol. The fraction of sp³-hybridized carbons (Fsp3) is 0.300. The zero-order valence-corrected chi connectivity index (χ0v) is 8.30. The predicted molar refractivity (Wildman–Crippen MR) is 48.6 cm³/mol. The van der Waals surface area contributed by atoms with Gasteiger partial charge in [-0.3, -0.25) is 0 Å². The number of hydrogen-bond acceptors (Lipinski definition) is 3. The van der Waals surface area contributed by atoms with E-state index in [4.69, 9.17) is 10.4 Å². The molecule has 0 amide bonds. The van der Waals surface area contributed by atoms with Crippen molar-refractivity contribution in [1.29, 1.82) is 5.26 Å². The van der Waals surface area contributed by atoms with Crippen LogP contribution in [-0.2, 0) is 12.8 Å². The van der Waals surface area contributed by atoms with E-state index in [2.05, 4.69) is 4.74 Å². The highest BCUT2D eigenvalue weighted by Gasteiger charge is 2.32. The average Bonchev–Trinajstić information content (AvgIpc) is 2.25. The Morgan fingerprint density at radius 2 is 2.06 bits per heavy atom. The predicted octanol–water partition coefficient (Wildman–Crippen LogP) is 2.08. The van der Waals surface area contributed by atoms with Crippen molar-refractivity contribution in [2.24, 2.45) is 0 Å². The first-order valence-corrected chi connectivity index (χ1v) is 4.23. The molecule has 0 fully saturated rings. The molecule has 0 radical (unpaired) electrons. The second kappa shape index (κ2) is 4.41. The third kappa shape index (κ3) is 2.25. The number of rotatable bonds is 2. The fourth-order valence-electron chi connectivity index (χ4n) is 1.25. The first-order valence-electron chi connectivity index (χ1n) is 4.23. The highest BCUT2D eigenvalue weighted by Crippen LogP contribution is 2.34. The van der Waals surface area contributed by atoms with Crippen molar-refractivity contribution in [3.8, 4) is 11.8 Å². The van der Waals surface area contributed by atoms with Crippen LogP contribution in [0.3, 0.4) is 0 Å². The Labute approximate surface area is 89.7 Å². The third-order valence-corrected chi connectivity index (χ3v) is 2.01. The van der Waals surface area contributed by atoms with Gasteiger partial charge >= 0.3 is 6.18 Å². The van der Waals surface area contributed by atoms with Gasteiger partial charge in [0.1, 0.15) is 11.8 Å². The molecule has 1 aromatic rings. The summed E-state index contributed by atoms with van der Waals surface area (Å²) in [6, 6.07) is 3.16. The monoisotopic (exact) mass is 231 g/mol. The molecule has 0 heterocycles. The highest BCUT2D eigenvalue weighted by atomic mass is 19.4. The maximum atomic E-state index is 12.4. The van der Waals surface area contributed by atoms with Crippen molar-refractivity contribution in [2.75, 3.05) is 7.11 Å². The van der Waals surface area contributed by atoms with Crippen LogP contribution in [0.1, 0.15) is 16.7 Å². The molecule has 1 aromatic carbocycles. The summed E-state index contributed by atoms with van der Waals surface area (Å²) in [5.41, 5.74) is -1.14. The van der Waals surface area contributed by atoms with E-state index in [1.54, 1.807) is 6.07 Å². The van der Waals surface area contributed by atoms with Gasteiger partial charge < -0.3 is 9.84 Å². The van der Waals surface area contributed by atoms with Gasteiger partial charge in [-0.2, -0.15) is 18.4 Å². The van der Waals surface area contributed by atoms with E-state index in [-0.39, 0.29) is 16.9 Å². The standard InChI is InChI=1S/C10H8F3NO2/c1-16-9-3-7(10(11,12)13)2-6(5-15)8(9)4-14/h2-3,15H,5H2,1H3. The molecule has 0 saturated heterocycles. The summed E-state index contributed by atoms with van der Waals surface area (Å²) >= 11 is 0. The first kappa shape index (κ1) is 12.3. The van der Waals surface area contributed by atoms with E-state index in [9.17, 15) is 13.2 Å². The van der Waals surface area contributed by atoms with E-state index in [0.717, 1.165) is 19.2 Å². The van der Waals surface area contributed by atoms with Crippen molar-refractivity contribution < 1.29 is 23.0 Å². The van der Waals surface area contributed by atoms with Crippen LogP contribution in [-0.4, -0.2) is 12.2 Å². The second-order valence-corrected chi connectivity index (χ2v) is 2.98. The molecule has 6 heteroatoms. The van der Waals surface area contributed by atoms with Crippen LogP contribution in [0.5, 0.6) is 5.75 Å². The number of methoxy groups -OCH3 is 1. The van der Waals surface area contributed by atoms with Gasteiger partial charge in [-0.05, 0) is 17.7 Å². The molecule has 0 aromatic heterocycles. The number of nitriles is 1. The minimum atomic E-state index is -4.54. The molecule has 0 aliphatic heterocycles. The van der Waals surface area contributed by atoms with Crippen LogP contribution in [0.2, 0.25) is 0 Å². The molecule has 3 nitrogen and oxygen atoms in total. The Bertz CT molecular complexity index is 410. The summed E-state index contributed by atoms with van der Waals surface area (Å²) in [4.78, 5) is 0. The Morgan fingerprint density at radius 1 is 1.44 bits per heavy atom. The van der Waals surface area contributed by atoms with Gasteiger partial charge in [0.2, 0.25) is 0 Å². The first-order chi connectivity index (χ1) is 7.43. The zero-order valence-electron chi connectivity index (χ0n) is 8.30. The van der Waals surface area contributed by atoms with Crippen molar-refractivity contribution >= 4 is 0 Å². The lowest BCUT2D eigenvalue weighted by atomic mass is 10.0. The molecule has 0 aliphatic carbocycles. The molecule has 16 heavy (non-hydrogen) atoms. The van der Waals surface area contributed by atoms with E-state index in [0.29, 0.717) is 0 Å². The zero-order chi connectivity index (χ0) is 12.3. The largest absolute Gasteiger partial charge is 0.495 e. The van der Waals surface area contributed by atoms with E-state index in [1.165, 1.54) is 0 Å². The third-order valence-electron chi connectivity index (χ3n) is 2.01. The number of alkyl halides is 3. The van der Waals surface area contributed by atoms with Gasteiger partial charge in [0.05, 0.1) is 24.8 Å². The molecule has 1 N–H and O–H groups in total. The van der Waals surface area contributed by atoms with Crippen molar-refractivity contribution in [2.45, 2.75) is 12.8 Å². The molecule has 0 saturated carbocycles. The minimum Gasteiger partial charge on any atom is -0.495 e. The number of nitrogens with zero attached hydrogens (tertiary/aromatic N) is 1. The summed E-state index contributed by atoms with van der Waals surface area (Å²) in [6.45, 7) is -0.650. The van der Waals surface area contributed by atoms with Crippen molar-refractivity contribution in [3.63, 3.8) is 0 Å². The van der Waals surface area contributed by atoms with E-state index in [1.807, 2.05) is 0 Å². The van der Waals surface area contributed by atoms with E-state index >= 15 is 0 Å². The van der Waals surface area contributed by atoms with Gasteiger partial charge in [0, 0.05) is 0 Å². The maximum absolute atomic E-state index is 12.4. The summed E-state index contributed by atoms with van der Waals surface area (Å²) in [6.07, 6.45) is -4.54.